The molecule has 1 rings (SSSR count). The van der Waals surface area contributed by atoms with E-state index in [0.717, 1.165) is 25.8 Å². The number of piperidine rings is 1. The lowest BCUT2D eigenvalue weighted by atomic mass is 9.84. The minimum absolute atomic E-state index is 0.255. The van der Waals surface area contributed by atoms with Crippen LogP contribution in [0.4, 0.5) is 0 Å². The number of hydrogen-bond donors (Lipinski definition) is 2. The Labute approximate surface area is 118 Å². The molecule has 0 radical (unpaired) electrons. The number of carbonyl (C=O) groups is 1. The molecule has 1 atom stereocenters. The van der Waals surface area contributed by atoms with Crippen LogP contribution in [0.1, 0.15) is 52.9 Å². The normalized spacial score (nSPS) is 22.9. The number of likely N-dealkylation sites (N-methyl/N-ethyl adjacent to an activating group) is 1. The van der Waals surface area contributed by atoms with Gasteiger partial charge in [0.05, 0.1) is 5.54 Å². The minimum Gasteiger partial charge on any atom is -0.368 e. The second-order valence-electron chi connectivity index (χ2n) is 6.95. The van der Waals surface area contributed by atoms with Crippen molar-refractivity contribution in [2.75, 3.05) is 26.7 Å². The zero-order valence-electron chi connectivity index (χ0n) is 13.1. The molecule has 112 valence electrons. The van der Waals surface area contributed by atoms with Gasteiger partial charge in [0.2, 0.25) is 5.91 Å². The molecule has 4 nitrogen and oxygen atoms in total. The van der Waals surface area contributed by atoms with E-state index in [9.17, 15) is 4.79 Å². The first-order valence-electron chi connectivity index (χ1n) is 7.50. The molecule has 0 aromatic carbocycles. The van der Waals surface area contributed by atoms with Gasteiger partial charge in [0, 0.05) is 6.54 Å². The van der Waals surface area contributed by atoms with Crippen molar-refractivity contribution in [2.24, 2.45) is 11.1 Å². The molecule has 0 aromatic rings. The lowest BCUT2D eigenvalue weighted by molar-refractivity contribution is -0.123. The molecule has 0 aliphatic carbocycles. The van der Waals surface area contributed by atoms with Gasteiger partial charge in [0.1, 0.15) is 0 Å². The number of hydrogen-bond acceptors (Lipinski definition) is 3. The van der Waals surface area contributed by atoms with E-state index in [1.807, 2.05) is 6.92 Å². The molecule has 1 unspecified atom stereocenters. The lowest BCUT2D eigenvalue weighted by Crippen LogP contribution is -2.51. The summed E-state index contributed by atoms with van der Waals surface area (Å²) in [6.45, 7) is 10.2. The van der Waals surface area contributed by atoms with Gasteiger partial charge in [0.15, 0.2) is 0 Å². The van der Waals surface area contributed by atoms with Crippen LogP contribution in [0.25, 0.3) is 0 Å². The first kappa shape index (κ1) is 16.4. The van der Waals surface area contributed by atoms with Gasteiger partial charge in [-0.05, 0) is 64.6 Å². The van der Waals surface area contributed by atoms with E-state index in [1.54, 1.807) is 7.05 Å². The van der Waals surface area contributed by atoms with Crippen molar-refractivity contribution in [3.8, 4) is 0 Å². The Kier molecular flexibility index (Phi) is 5.81. The molecule has 1 amide bonds. The number of nitrogens with two attached hydrogens (primary N) is 1. The predicted molar refractivity (Wildman–Crippen MR) is 80.0 cm³/mol. The maximum Gasteiger partial charge on any atom is 0.237 e. The zero-order chi connectivity index (χ0) is 14.5. The van der Waals surface area contributed by atoms with Crippen LogP contribution in [-0.4, -0.2) is 43.0 Å². The van der Waals surface area contributed by atoms with Gasteiger partial charge in [-0.25, -0.2) is 0 Å². The van der Waals surface area contributed by atoms with Crippen molar-refractivity contribution in [1.82, 2.24) is 10.2 Å². The van der Waals surface area contributed by atoms with E-state index in [0.29, 0.717) is 5.41 Å². The fraction of sp³-hybridized carbons (Fsp3) is 0.933. The van der Waals surface area contributed by atoms with Crippen LogP contribution in [0.5, 0.6) is 0 Å². The monoisotopic (exact) mass is 269 g/mol. The summed E-state index contributed by atoms with van der Waals surface area (Å²) in [4.78, 5) is 13.9. The second-order valence-corrected chi connectivity index (χ2v) is 6.95. The third kappa shape index (κ3) is 5.11. The molecular weight excluding hydrogens is 238 g/mol. The fourth-order valence-electron chi connectivity index (χ4n) is 2.92. The fourth-order valence-corrected chi connectivity index (χ4v) is 2.92. The van der Waals surface area contributed by atoms with E-state index < -0.39 is 5.54 Å². The number of nitrogens with one attached hydrogen (secondary N) is 1. The number of carbonyl (C=O) groups excluding carboxylic acids is 1. The van der Waals surface area contributed by atoms with Crippen molar-refractivity contribution >= 4 is 5.91 Å². The van der Waals surface area contributed by atoms with Crippen LogP contribution < -0.4 is 11.1 Å². The maximum absolute atomic E-state index is 11.4. The highest BCUT2D eigenvalue weighted by molar-refractivity contribution is 5.84. The predicted octanol–water partition coefficient (Wildman–Crippen LogP) is 1.74. The molecule has 0 aromatic heterocycles. The van der Waals surface area contributed by atoms with Crippen LogP contribution in [0.15, 0.2) is 0 Å². The molecule has 1 saturated heterocycles. The molecule has 1 heterocycles. The number of amides is 1. The molecule has 0 saturated carbocycles. The molecule has 4 heteroatoms. The van der Waals surface area contributed by atoms with Gasteiger partial charge < -0.3 is 16.0 Å². The third-order valence-corrected chi connectivity index (χ3v) is 4.48. The number of rotatable bonds is 7. The van der Waals surface area contributed by atoms with Gasteiger partial charge in [0.25, 0.3) is 0 Å². The Balaban J connectivity index is 2.25. The number of likely N-dealkylation sites (tertiary alicyclic amines) is 1. The first-order valence-corrected chi connectivity index (χ1v) is 7.50. The van der Waals surface area contributed by atoms with E-state index in [4.69, 9.17) is 5.73 Å². The molecule has 1 fully saturated rings. The Bertz CT molecular complexity index is 304. The van der Waals surface area contributed by atoms with Crippen LogP contribution in [-0.2, 0) is 4.79 Å². The Morgan fingerprint density at radius 2 is 2.11 bits per heavy atom. The molecule has 19 heavy (non-hydrogen) atoms. The molecule has 3 N–H and O–H groups in total. The quantitative estimate of drug-likeness (QED) is 0.692. The summed E-state index contributed by atoms with van der Waals surface area (Å²) < 4.78 is 0. The van der Waals surface area contributed by atoms with Crippen LogP contribution in [0, 0.1) is 5.41 Å². The standard InChI is InChI=1S/C15H31N3O/c1-14(2)8-7-11-18(12-14)10-6-5-9-15(3,17-4)13(16)19/h17H,5-12H2,1-4H3,(H2,16,19). The summed E-state index contributed by atoms with van der Waals surface area (Å²) >= 11 is 0. The topological polar surface area (TPSA) is 58.4 Å². The summed E-state index contributed by atoms with van der Waals surface area (Å²) in [5.41, 5.74) is 5.34. The maximum atomic E-state index is 11.4. The van der Waals surface area contributed by atoms with E-state index in [1.165, 1.54) is 25.9 Å². The van der Waals surface area contributed by atoms with Gasteiger partial charge in [-0.1, -0.05) is 13.8 Å². The number of primary amides is 1. The molecule has 0 bridgehead atoms. The van der Waals surface area contributed by atoms with Crippen molar-refractivity contribution in [3.63, 3.8) is 0 Å². The number of nitrogens with zero attached hydrogens (tertiary/aromatic N) is 1. The van der Waals surface area contributed by atoms with Crippen LogP contribution in [0.2, 0.25) is 0 Å². The highest BCUT2D eigenvalue weighted by Gasteiger charge is 2.29. The van der Waals surface area contributed by atoms with Gasteiger partial charge in [-0.3, -0.25) is 4.79 Å². The summed E-state index contributed by atoms with van der Waals surface area (Å²) in [7, 11) is 1.80. The lowest BCUT2D eigenvalue weighted by Gasteiger charge is -2.38. The largest absolute Gasteiger partial charge is 0.368 e. The summed E-state index contributed by atoms with van der Waals surface area (Å²) in [5.74, 6) is -0.255. The minimum atomic E-state index is -0.554. The Morgan fingerprint density at radius 3 is 2.63 bits per heavy atom. The first-order chi connectivity index (χ1) is 8.79. The molecular formula is C15H31N3O. The SMILES string of the molecule is CNC(C)(CCCCN1CCCC(C)(C)C1)C(N)=O. The van der Waals surface area contributed by atoms with Crippen molar-refractivity contribution in [2.45, 2.75) is 58.4 Å². The summed E-state index contributed by atoms with van der Waals surface area (Å²) in [5, 5.41) is 3.04. The average Bonchev–Trinajstić information content (AvgIpc) is 2.33. The second kappa shape index (κ2) is 6.71. The van der Waals surface area contributed by atoms with E-state index in [-0.39, 0.29) is 5.91 Å². The van der Waals surface area contributed by atoms with Crippen LogP contribution in [0.3, 0.4) is 0 Å². The average molecular weight is 269 g/mol. The highest BCUT2D eigenvalue weighted by atomic mass is 16.1. The van der Waals surface area contributed by atoms with Gasteiger partial charge >= 0.3 is 0 Å². The van der Waals surface area contributed by atoms with Crippen molar-refractivity contribution < 1.29 is 4.79 Å². The smallest absolute Gasteiger partial charge is 0.237 e. The number of unbranched alkanes of at least 4 members (excludes halogenated alkanes) is 1. The third-order valence-electron chi connectivity index (χ3n) is 4.48. The summed E-state index contributed by atoms with van der Waals surface area (Å²) in [6, 6.07) is 0. The molecule has 1 aliphatic rings. The summed E-state index contributed by atoms with van der Waals surface area (Å²) in [6.07, 6.45) is 5.64. The van der Waals surface area contributed by atoms with E-state index >= 15 is 0 Å². The Hall–Kier alpha value is -0.610. The van der Waals surface area contributed by atoms with Gasteiger partial charge in [-0.2, -0.15) is 0 Å². The van der Waals surface area contributed by atoms with Crippen molar-refractivity contribution in [1.29, 1.82) is 0 Å². The molecule has 0 spiro atoms. The zero-order valence-corrected chi connectivity index (χ0v) is 13.1. The van der Waals surface area contributed by atoms with Crippen LogP contribution >= 0.6 is 0 Å². The van der Waals surface area contributed by atoms with E-state index in [2.05, 4.69) is 24.1 Å². The Morgan fingerprint density at radius 1 is 1.42 bits per heavy atom. The van der Waals surface area contributed by atoms with Gasteiger partial charge in [-0.15, -0.1) is 0 Å². The van der Waals surface area contributed by atoms with Crippen molar-refractivity contribution in [3.05, 3.63) is 0 Å². The highest BCUT2D eigenvalue weighted by Crippen LogP contribution is 2.28. The molecule has 1 aliphatic heterocycles.